The maximum Gasteiger partial charge on any atom is 0.0468 e. The first kappa shape index (κ1) is 17.1. The highest BCUT2D eigenvalue weighted by Gasteiger charge is 2.37. The molecule has 2 atom stereocenters. The van der Waals surface area contributed by atoms with Gasteiger partial charge in [0, 0.05) is 40.8 Å². The number of nitrogens with one attached hydrogen (secondary N) is 1. The van der Waals surface area contributed by atoms with Crippen molar-refractivity contribution >= 4 is 23.2 Å². The van der Waals surface area contributed by atoms with Crippen LogP contribution in [0.5, 0.6) is 0 Å². The Bertz CT molecular complexity index is 500. The Balaban J connectivity index is 2.30. The van der Waals surface area contributed by atoms with Crippen LogP contribution in [0.4, 0.5) is 0 Å². The van der Waals surface area contributed by atoms with Crippen LogP contribution in [0.15, 0.2) is 18.2 Å². The zero-order valence-corrected chi connectivity index (χ0v) is 15.1. The van der Waals surface area contributed by atoms with Crippen molar-refractivity contribution in [2.24, 2.45) is 5.92 Å². The van der Waals surface area contributed by atoms with Gasteiger partial charge in [0.05, 0.1) is 0 Å². The van der Waals surface area contributed by atoms with Crippen molar-refractivity contribution in [3.63, 3.8) is 0 Å². The van der Waals surface area contributed by atoms with Gasteiger partial charge in [-0.3, -0.25) is 4.90 Å². The Hall–Kier alpha value is -0.280. The summed E-state index contributed by atoms with van der Waals surface area (Å²) in [6, 6.07) is 6.62. The van der Waals surface area contributed by atoms with Crippen molar-refractivity contribution in [1.82, 2.24) is 10.2 Å². The predicted octanol–water partition coefficient (Wildman–Crippen LogP) is 4.76. The Labute approximate surface area is 138 Å². The van der Waals surface area contributed by atoms with Crippen molar-refractivity contribution < 1.29 is 0 Å². The molecule has 1 aromatic rings. The van der Waals surface area contributed by atoms with Gasteiger partial charge in [-0.1, -0.05) is 43.1 Å². The average Bonchev–Trinajstić information content (AvgIpc) is 2.36. The molecule has 2 nitrogen and oxygen atoms in total. The van der Waals surface area contributed by atoms with E-state index in [2.05, 4.69) is 50.9 Å². The van der Waals surface area contributed by atoms with E-state index in [1.165, 1.54) is 0 Å². The van der Waals surface area contributed by atoms with Gasteiger partial charge in [-0.15, -0.1) is 0 Å². The molecular formula is C17H26Cl2N2. The molecule has 0 radical (unpaired) electrons. The maximum absolute atomic E-state index is 6.42. The second-order valence-electron chi connectivity index (χ2n) is 7.09. The minimum atomic E-state index is 0.124. The molecule has 1 fully saturated rings. The van der Waals surface area contributed by atoms with E-state index in [0.29, 0.717) is 17.0 Å². The van der Waals surface area contributed by atoms with Crippen molar-refractivity contribution in [1.29, 1.82) is 0 Å². The van der Waals surface area contributed by atoms with Gasteiger partial charge in [-0.25, -0.2) is 0 Å². The van der Waals surface area contributed by atoms with Crippen LogP contribution in [0.3, 0.4) is 0 Å². The summed E-state index contributed by atoms with van der Waals surface area (Å²) in [5.74, 6) is 0.599. The number of benzene rings is 1. The summed E-state index contributed by atoms with van der Waals surface area (Å²) in [7, 11) is 0. The third-order valence-corrected chi connectivity index (χ3v) is 5.04. The van der Waals surface area contributed by atoms with Crippen molar-refractivity contribution in [2.45, 2.75) is 52.2 Å². The Morgan fingerprint density at radius 1 is 1.24 bits per heavy atom. The molecule has 118 valence electrons. The lowest BCUT2D eigenvalue weighted by molar-refractivity contribution is 0.0371. The summed E-state index contributed by atoms with van der Waals surface area (Å²) in [5, 5.41) is 5.10. The van der Waals surface area contributed by atoms with Gasteiger partial charge in [0.15, 0.2) is 0 Å². The molecule has 2 unspecified atom stereocenters. The quantitative estimate of drug-likeness (QED) is 0.860. The van der Waals surface area contributed by atoms with E-state index in [1.54, 1.807) is 0 Å². The van der Waals surface area contributed by atoms with Gasteiger partial charge in [0.25, 0.3) is 0 Å². The monoisotopic (exact) mass is 328 g/mol. The van der Waals surface area contributed by atoms with Crippen LogP contribution in [0, 0.1) is 5.92 Å². The summed E-state index contributed by atoms with van der Waals surface area (Å²) in [4.78, 5) is 2.58. The smallest absolute Gasteiger partial charge is 0.0468 e. The summed E-state index contributed by atoms with van der Waals surface area (Å²) < 4.78 is 0. The fourth-order valence-electron chi connectivity index (χ4n) is 3.19. The molecule has 0 bridgehead atoms. The first-order valence-corrected chi connectivity index (χ1v) is 8.42. The van der Waals surface area contributed by atoms with Crippen LogP contribution >= 0.6 is 23.2 Å². The molecular weight excluding hydrogens is 303 g/mol. The minimum Gasteiger partial charge on any atom is -0.309 e. The molecule has 1 aliphatic rings. The van der Waals surface area contributed by atoms with Gasteiger partial charge in [-0.05, 0) is 44.4 Å². The molecule has 2 rings (SSSR count). The van der Waals surface area contributed by atoms with Crippen molar-refractivity contribution in [3.8, 4) is 0 Å². The second-order valence-corrected chi connectivity index (χ2v) is 7.93. The fourth-order valence-corrected chi connectivity index (χ4v) is 3.76. The van der Waals surface area contributed by atoms with Crippen LogP contribution in [0.1, 0.15) is 46.2 Å². The SMILES string of the molecule is CC(C)C1CNC(C)(C)CN1C(C)c1ccc(Cl)cc1Cl. The lowest BCUT2D eigenvalue weighted by Crippen LogP contribution is -2.63. The third kappa shape index (κ3) is 3.92. The lowest BCUT2D eigenvalue weighted by atomic mass is 9.90. The number of hydrogen-bond acceptors (Lipinski definition) is 2. The zero-order valence-electron chi connectivity index (χ0n) is 13.6. The summed E-state index contributed by atoms with van der Waals surface area (Å²) in [6.07, 6.45) is 0. The van der Waals surface area contributed by atoms with E-state index in [9.17, 15) is 0 Å². The molecule has 0 spiro atoms. The van der Waals surface area contributed by atoms with Crippen LogP contribution < -0.4 is 5.32 Å². The van der Waals surface area contributed by atoms with Crippen LogP contribution in [-0.2, 0) is 0 Å². The van der Waals surface area contributed by atoms with Crippen LogP contribution in [0.2, 0.25) is 10.0 Å². The predicted molar refractivity (Wildman–Crippen MR) is 92.3 cm³/mol. The topological polar surface area (TPSA) is 15.3 Å². The molecule has 21 heavy (non-hydrogen) atoms. The Kier molecular flexibility index (Phi) is 5.25. The first-order valence-electron chi connectivity index (χ1n) is 7.67. The molecule has 0 aliphatic carbocycles. The van der Waals surface area contributed by atoms with E-state index in [1.807, 2.05) is 12.1 Å². The van der Waals surface area contributed by atoms with Gasteiger partial charge in [0.1, 0.15) is 0 Å². The van der Waals surface area contributed by atoms with E-state index in [4.69, 9.17) is 23.2 Å². The highest BCUT2D eigenvalue weighted by atomic mass is 35.5. The number of piperazine rings is 1. The Morgan fingerprint density at radius 3 is 2.48 bits per heavy atom. The van der Waals surface area contributed by atoms with E-state index >= 15 is 0 Å². The number of rotatable bonds is 3. The fraction of sp³-hybridized carbons (Fsp3) is 0.647. The largest absolute Gasteiger partial charge is 0.309 e. The van der Waals surface area contributed by atoms with Gasteiger partial charge in [0.2, 0.25) is 0 Å². The molecule has 1 saturated heterocycles. The highest BCUT2D eigenvalue weighted by molar-refractivity contribution is 6.35. The van der Waals surface area contributed by atoms with Crippen LogP contribution in [0.25, 0.3) is 0 Å². The van der Waals surface area contributed by atoms with E-state index in [0.717, 1.165) is 23.7 Å². The summed E-state index contributed by atoms with van der Waals surface area (Å²) in [6.45, 7) is 13.4. The molecule has 0 aromatic heterocycles. The number of nitrogens with zero attached hydrogens (tertiary/aromatic N) is 1. The van der Waals surface area contributed by atoms with E-state index < -0.39 is 0 Å². The van der Waals surface area contributed by atoms with Crippen molar-refractivity contribution in [3.05, 3.63) is 33.8 Å². The van der Waals surface area contributed by atoms with Gasteiger partial charge >= 0.3 is 0 Å². The first-order chi connectivity index (χ1) is 9.71. The maximum atomic E-state index is 6.42. The minimum absolute atomic E-state index is 0.124. The molecule has 4 heteroatoms. The normalized spacial score (nSPS) is 24.3. The van der Waals surface area contributed by atoms with E-state index in [-0.39, 0.29) is 11.6 Å². The summed E-state index contributed by atoms with van der Waals surface area (Å²) >= 11 is 12.4. The Morgan fingerprint density at radius 2 is 1.90 bits per heavy atom. The lowest BCUT2D eigenvalue weighted by Gasteiger charge is -2.49. The number of halogens is 2. The van der Waals surface area contributed by atoms with Gasteiger partial charge < -0.3 is 5.32 Å². The zero-order chi connectivity index (χ0) is 15.8. The molecule has 0 saturated carbocycles. The summed E-state index contributed by atoms with van der Waals surface area (Å²) in [5.41, 5.74) is 1.28. The molecule has 1 aliphatic heterocycles. The molecule has 1 N–H and O–H groups in total. The standard InChI is InChI=1S/C17H26Cl2N2/c1-11(2)16-9-20-17(4,5)10-21(16)12(3)14-7-6-13(18)8-15(14)19/h6-8,11-12,16,20H,9-10H2,1-5H3. The third-order valence-electron chi connectivity index (χ3n) is 4.47. The molecule has 0 amide bonds. The molecule has 1 heterocycles. The average molecular weight is 329 g/mol. The van der Waals surface area contributed by atoms with Gasteiger partial charge in [-0.2, -0.15) is 0 Å². The second kappa shape index (κ2) is 6.45. The van der Waals surface area contributed by atoms with Crippen molar-refractivity contribution in [2.75, 3.05) is 13.1 Å². The number of hydrogen-bond donors (Lipinski definition) is 1. The highest BCUT2D eigenvalue weighted by Crippen LogP contribution is 2.34. The molecule has 1 aromatic carbocycles. The van der Waals surface area contributed by atoms with Crippen LogP contribution in [-0.4, -0.2) is 29.6 Å².